The van der Waals surface area contributed by atoms with Crippen LogP contribution in [0.2, 0.25) is 0 Å². The topological polar surface area (TPSA) is 49.4 Å². The first-order valence-corrected chi connectivity index (χ1v) is 7.84. The van der Waals surface area contributed by atoms with Crippen molar-refractivity contribution in [3.8, 4) is 0 Å². The largest absolute Gasteiger partial charge is 0.340 e. The molecule has 0 saturated carbocycles. The van der Waals surface area contributed by atoms with Gasteiger partial charge < -0.3 is 10.2 Å². The Bertz CT molecular complexity index is 379. The van der Waals surface area contributed by atoms with Crippen LogP contribution in [0.15, 0.2) is 0 Å². The molecule has 1 saturated heterocycles. The lowest BCUT2D eigenvalue weighted by molar-refractivity contribution is -0.160. The summed E-state index contributed by atoms with van der Waals surface area (Å²) in [5, 5.41) is 2.94. The SMILES string of the molecule is CCC(C(C)C)N1C(=O)C(C)(CC)NC(=O)C1C(C)C. The van der Waals surface area contributed by atoms with Gasteiger partial charge in [-0.15, -0.1) is 0 Å². The van der Waals surface area contributed by atoms with E-state index in [0.29, 0.717) is 12.3 Å². The van der Waals surface area contributed by atoms with Crippen molar-refractivity contribution >= 4 is 11.8 Å². The van der Waals surface area contributed by atoms with E-state index >= 15 is 0 Å². The fourth-order valence-corrected chi connectivity index (χ4v) is 3.15. The van der Waals surface area contributed by atoms with E-state index in [9.17, 15) is 9.59 Å². The molecule has 1 heterocycles. The second-order valence-electron chi connectivity index (χ2n) is 6.80. The summed E-state index contributed by atoms with van der Waals surface area (Å²) in [6, 6.07) is -0.235. The maximum atomic E-state index is 13.0. The van der Waals surface area contributed by atoms with Crippen LogP contribution in [-0.2, 0) is 9.59 Å². The van der Waals surface area contributed by atoms with Gasteiger partial charge in [0.05, 0.1) is 0 Å². The molecule has 3 atom stereocenters. The quantitative estimate of drug-likeness (QED) is 0.842. The molecule has 1 aliphatic rings. The zero-order chi connectivity index (χ0) is 15.7. The summed E-state index contributed by atoms with van der Waals surface area (Å²) in [5.74, 6) is 0.521. The van der Waals surface area contributed by atoms with Crippen molar-refractivity contribution in [1.29, 1.82) is 0 Å². The lowest BCUT2D eigenvalue weighted by atomic mass is 9.85. The van der Waals surface area contributed by atoms with Crippen LogP contribution in [0.25, 0.3) is 0 Å². The first-order valence-electron chi connectivity index (χ1n) is 7.84. The normalized spacial score (nSPS) is 29.1. The van der Waals surface area contributed by atoms with Crippen molar-refractivity contribution < 1.29 is 9.59 Å². The molecule has 1 N–H and O–H groups in total. The van der Waals surface area contributed by atoms with Crippen molar-refractivity contribution in [2.24, 2.45) is 11.8 Å². The smallest absolute Gasteiger partial charge is 0.248 e. The van der Waals surface area contributed by atoms with E-state index in [4.69, 9.17) is 0 Å². The van der Waals surface area contributed by atoms with Crippen LogP contribution < -0.4 is 5.32 Å². The van der Waals surface area contributed by atoms with Gasteiger partial charge in [0.2, 0.25) is 11.8 Å². The molecule has 2 amide bonds. The molecule has 0 spiro atoms. The number of rotatable bonds is 5. The zero-order valence-corrected chi connectivity index (χ0v) is 14.0. The summed E-state index contributed by atoms with van der Waals surface area (Å²) >= 11 is 0. The van der Waals surface area contributed by atoms with Crippen LogP contribution in [0.4, 0.5) is 0 Å². The molecule has 1 aliphatic heterocycles. The van der Waals surface area contributed by atoms with Gasteiger partial charge in [0.1, 0.15) is 11.6 Å². The highest BCUT2D eigenvalue weighted by atomic mass is 16.2. The van der Waals surface area contributed by atoms with E-state index in [1.54, 1.807) is 0 Å². The Balaban J connectivity index is 3.27. The highest BCUT2D eigenvalue weighted by Gasteiger charge is 2.50. The predicted molar refractivity (Wildman–Crippen MR) is 81.2 cm³/mol. The Morgan fingerprint density at radius 2 is 1.75 bits per heavy atom. The van der Waals surface area contributed by atoms with E-state index in [0.717, 1.165) is 6.42 Å². The second-order valence-corrected chi connectivity index (χ2v) is 6.80. The van der Waals surface area contributed by atoms with Gasteiger partial charge in [-0.25, -0.2) is 0 Å². The van der Waals surface area contributed by atoms with Gasteiger partial charge in [-0.3, -0.25) is 9.59 Å². The lowest BCUT2D eigenvalue weighted by Gasteiger charge is -2.49. The number of piperazine rings is 1. The van der Waals surface area contributed by atoms with E-state index in [1.165, 1.54) is 0 Å². The molecule has 0 aromatic rings. The van der Waals surface area contributed by atoms with Crippen LogP contribution in [0.3, 0.4) is 0 Å². The van der Waals surface area contributed by atoms with Gasteiger partial charge in [0.25, 0.3) is 0 Å². The summed E-state index contributed by atoms with van der Waals surface area (Å²) < 4.78 is 0. The maximum absolute atomic E-state index is 13.0. The highest BCUT2D eigenvalue weighted by Crippen LogP contribution is 2.30. The fraction of sp³-hybridized carbons (Fsp3) is 0.875. The zero-order valence-electron chi connectivity index (χ0n) is 14.0. The van der Waals surface area contributed by atoms with Gasteiger partial charge >= 0.3 is 0 Å². The van der Waals surface area contributed by atoms with Crippen molar-refractivity contribution in [1.82, 2.24) is 10.2 Å². The number of amides is 2. The van der Waals surface area contributed by atoms with Crippen LogP contribution >= 0.6 is 0 Å². The number of hydrogen-bond donors (Lipinski definition) is 1. The highest BCUT2D eigenvalue weighted by molar-refractivity contribution is 5.99. The number of nitrogens with zero attached hydrogens (tertiary/aromatic N) is 1. The fourth-order valence-electron chi connectivity index (χ4n) is 3.15. The van der Waals surface area contributed by atoms with E-state index in [2.05, 4.69) is 26.1 Å². The van der Waals surface area contributed by atoms with Gasteiger partial charge in [-0.05, 0) is 31.6 Å². The van der Waals surface area contributed by atoms with Crippen LogP contribution in [-0.4, -0.2) is 34.3 Å². The number of hydrogen-bond acceptors (Lipinski definition) is 2. The second kappa shape index (κ2) is 6.15. The molecule has 0 radical (unpaired) electrons. The van der Waals surface area contributed by atoms with E-state index in [-0.39, 0.29) is 29.8 Å². The molecule has 0 bridgehead atoms. The van der Waals surface area contributed by atoms with Crippen molar-refractivity contribution in [2.45, 2.75) is 78.9 Å². The Morgan fingerprint density at radius 3 is 2.10 bits per heavy atom. The first kappa shape index (κ1) is 17.0. The Labute approximate surface area is 123 Å². The average Bonchev–Trinajstić information content (AvgIpc) is 2.35. The van der Waals surface area contributed by atoms with E-state index < -0.39 is 5.54 Å². The summed E-state index contributed by atoms with van der Waals surface area (Å²) in [4.78, 5) is 27.3. The van der Waals surface area contributed by atoms with Gasteiger partial charge in [0, 0.05) is 6.04 Å². The van der Waals surface area contributed by atoms with Crippen molar-refractivity contribution in [3.63, 3.8) is 0 Å². The minimum atomic E-state index is -0.759. The van der Waals surface area contributed by atoms with Crippen LogP contribution in [0.5, 0.6) is 0 Å². The third-order valence-corrected chi connectivity index (χ3v) is 4.56. The summed E-state index contributed by atoms with van der Waals surface area (Å²) in [6.45, 7) is 14.1. The molecular weight excluding hydrogens is 252 g/mol. The predicted octanol–water partition coefficient (Wildman–Crippen LogP) is 2.57. The Kier molecular flexibility index (Phi) is 5.22. The van der Waals surface area contributed by atoms with Crippen molar-refractivity contribution in [3.05, 3.63) is 0 Å². The maximum Gasteiger partial charge on any atom is 0.248 e. The van der Waals surface area contributed by atoms with Gasteiger partial charge in [-0.2, -0.15) is 0 Å². The molecule has 116 valence electrons. The van der Waals surface area contributed by atoms with Gasteiger partial charge in [-0.1, -0.05) is 41.5 Å². The molecule has 20 heavy (non-hydrogen) atoms. The third-order valence-electron chi connectivity index (χ3n) is 4.56. The van der Waals surface area contributed by atoms with Crippen LogP contribution in [0, 0.1) is 11.8 Å². The average molecular weight is 282 g/mol. The van der Waals surface area contributed by atoms with Crippen LogP contribution in [0.1, 0.15) is 61.3 Å². The molecule has 0 aromatic carbocycles. The molecule has 1 rings (SSSR count). The monoisotopic (exact) mass is 282 g/mol. The summed E-state index contributed by atoms with van der Waals surface area (Å²) in [6.07, 6.45) is 1.49. The summed E-state index contributed by atoms with van der Waals surface area (Å²) in [5.41, 5.74) is -0.759. The molecular formula is C16H30N2O2. The van der Waals surface area contributed by atoms with Crippen molar-refractivity contribution in [2.75, 3.05) is 0 Å². The first-order chi connectivity index (χ1) is 9.19. The number of carbonyl (C=O) groups is 2. The Hall–Kier alpha value is -1.06. The number of carbonyl (C=O) groups excluding carboxylic acids is 2. The Morgan fingerprint density at radius 1 is 1.20 bits per heavy atom. The minimum Gasteiger partial charge on any atom is -0.340 e. The minimum absolute atomic E-state index is 0.0111. The standard InChI is InChI=1S/C16H30N2O2/c1-8-12(10(3)4)18-13(11(5)6)14(19)17-16(7,9-2)15(18)20/h10-13H,8-9H2,1-7H3,(H,17,19). The van der Waals surface area contributed by atoms with Gasteiger partial charge in [0.15, 0.2) is 0 Å². The third kappa shape index (κ3) is 2.84. The summed E-state index contributed by atoms with van der Waals surface area (Å²) in [7, 11) is 0. The molecule has 4 heteroatoms. The molecule has 3 unspecified atom stereocenters. The molecule has 0 aromatic heterocycles. The molecule has 1 fully saturated rings. The molecule has 4 nitrogen and oxygen atoms in total. The van der Waals surface area contributed by atoms with E-state index in [1.807, 2.05) is 32.6 Å². The number of nitrogens with one attached hydrogen (secondary N) is 1. The molecule has 0 aliphatic carbocycles. The lowest BCUT2D eigenvalue weighted by Crippen LogP contribution is -2.72.